The lowest BCUT2D eigenvalue weighted by molar-refractivity contribution is -0.125. The molecular formula is C25H29ClN2O3S. The van der Waals surface area contributed by atoms with Crippen LogP contribution in [0.3, 0.4) is 0 Å². The molecule has 0 saturated heterocycles. The van der Waals surface area contributed by atoms with Crippen molar-refractivity contribution in [1.82, 2.24) is 5.32 Å². The fraction of sp³-hybridized carbons (Fsp3) is 0.480. The molecule has 4 fully saturated rings. The quantitative estimate of drug-likeness (QED) is 0.648. The number of nitrogens with one attached hydrogen (secondary N) is 1. The fourth-order valence-corrected chi connectivity index (χ4v) is 8.38. The number of anilines is 1. The Hall–Kier alpha value is -2.05. The van der Waals surface area contributed by atoms with Gasteiger partial charge in [-0.3, -0.25) is 9.10 Å². The highest BCUT2D eigenvalue weighted by Gasteiger charge is 2.51. The Morgan fingerprint density at radius 2 is 1.62 bits per heavy atom. The van der Waals surface area contributed by atoms with Gasteiger partial charge in [0, 0.05) is 10.6 Å². The van der Waals surface area contributed by atoms with Gasteiger partial charge in [0.2, 0.25) is 5.91 Å². The van der Waals surface area contributed by atoms with Crippen LogP contribution in [0.2, 0.25) is 5.02 Å². The molecule has 0 spiro atoms. The van der Waals surface area contributed by atoms with E-state index in [1.54, 1.807) is 48.5 Å². The average Bonchev–Trinajstić information content (AvgIpc) is 2.72. The minimum absolute atomic E-state index is 0.164. The van der Waals surface area contributed by atoms with Gasteiger partial charge in [-0.15, -0.1) is 0 Å². The minimum Gasteiger partial charge on any atom is -0.349 e. The second-order valence-electron chi connectivity index (χ2n) is 10.0. The summed E-state index contributed by atoms with van der Waals surface area (Å²) >= 11 is 6.12. The third kappa shape index (κ3) is 4.03. The van der Waals surface area contributed by atoms with Crippen LogP contribution in [-0.2, 0) is 14.8 Å². The molecule has 4 saturated carbocycles. The zero-order valence-electron chi connectivity index (χ0n) is 18.3. The number of halogens is 1. The van der Waals surface area contributed by atoms with Crippen molar-refractivity contribution in [2.45, 2.75) is 55.9 Å². The average molecular weight is 473 g/mol. The third-order valence-electron chi connectivity index (χ3n) is 7.49. The van der Waals surface area contributed by atoms with Gasteiger partial charge in [-0.1, -0.05) is 29.8 Å². The first-order chi connectivity index (χ1) is 15.2. The van der Waals surface area contributed by atoms with Crippen molar-refractivity contribution in [3.63, 3.8) is 0 Å². The van der Waals surface area contributed by atoms with Crippen LogP contribution in [0.15, 0.2) is 53.4 Å². The molecule has 1 N–H and O–H groups in total. The van der Waals surface area contributed by atoms with Crippen LogP contribution in [0.4, 0.5) is 5.69 Å². The van der Waals surface area contributed by atoms with Crippen LogP contribution in [-0.4, -0.2) is 26.4 Å². The number of carbonyl (C=O) groups is 1. The largest absolute Gasteiger partial charge is 0.349 e. The highest BCUT2D eigenvalue weighted by molar-refractivity contribution is 7.92. The number of nitrogens with zero attached hydrogens (tertiary/aromatic N) is 1. The summed E-state index contributed by atoms with van der Waals surface area (Å²) in [7, 11) is -3.92. The van der Waals surface area contributed by atoms with Crippen LogP contribution >= 0.6 is 11.6 Å². The lowest BCUT2D eigenvalue weighted by Crippen LogP contribution is -2.61. The summed E-state index contributed by atoms with van der Waals surface area (Å²) in [5.41, 5.74) is 1.02. The maximum absolute atomic E-state index is 13.6. The van der Waals surface area contributed by atoms with Crippen molar-refractivity contribution < 1.29 is 13.2 Å². The highest BCUT2D eigenvalue weighted by Crippen LogP contribution is 2.55. The van der Waals surface area contributed by atoms with Crippen LogP contribution in [0, 0.1) is 24.7 Å². The van der Waals surface area contributed by atoms with Crippen molar-refractivity contribution in [3.8, 4) is 0 Å². The first kappa shape index (κ1) is 21.8. The Bertz CT molecular complexity index is 1100. The number of rotatable bonds is 6. The van der Waals surface area contributed by atoms with Gasteiger partial charge in [-0.2, -0.15) is 0 Å². The molecule has 0 radical (unpaired) electrons. The summed E-state index contributed by atoms with van der Waals surface area (Å²) in [5.74, 6) is 1.86. The molecule has 4 aliphatic rings. The van der Waals surface area contributed by atoms with Gasteiger partial charge in [0.25, 0.3) is 10.0 Å². The normalized spacial score (nSPS) is 28.5. The van der Waals surface area contributed by atoms with E-state index >= 15 is 0 Å². The summed E-state index contributed by atoms with van der Waals surface area (Å²) in [4.78, 5) is 13.5. The Balaban J connectivity index is 1.44. The van der Waals surface area contributed by atoms with Gasteiger partial charge in [-0.25, -0.2) is 8.42 Å². The number of hydrogen-bond acceptors (Lipinski definition) is 3. The molecule has 0 heterocycles. The molecule has 0 aliphatic heterocycles. The van der Waals surface area contributed by atoms with E-state index in [9.17, 15) is 13.2 Å². The SMILES string of the molecule is Cc1cc(Cl)ccc1N(CC(=O)NC12CC3CC(CC(C3)C1)C2)S(=O)(=O)c1ccccc1. The van der Waals surface area contributed by atoms with Crippen LogP contribution in [0.1, 0.15) is 44.1 Å². The monoisotopic (exact) mass is 472 g/mol. The van der Waals surface area contributed by atoms with Gasteiger partial charge in [0.1, 0.15) is 6.54 Å². The predicted molar refractivity (Wildman–Crippen MR) is 126 cm³/mol. The summed E-state index contributed by atoms with van der Waals surface area (Å²) < 4.78 is 28.4. The molecule has 0 unspecified atom stereocenters. The maximum atomic E-state index is 13.6. The molecule has 4 bridgehead atoms. The van der Waals surface area contributed by atoms with Crippen LogP contribution in [0.25, 0.3) is 0 Å². The van der Waals surface area contributed by atoms with Crippen LogP contribution in [0.5, 0.6) is 0 Å². The van der Waals surface area contributed by atoms with Gasteiger partial charge in [-0.05, 0) is 99.1 Å². The van der Waals surface area contributed by atoms with Crippen molar-refractivity contribution in [2.75, 3.05) is 10.8 Å². The second-order valence-corrected chi connectivity index (χ2v) is 12.3. The number of benzene rings is 2. The number of hydrogen-bond donors (Lipinski definition) is 1. The van der Waals surface area contributed by atoms with Crippen molar-refractivity contribution in [1.29, 1.82) is 0 Å². The van der Waals surface area contributed by atoms with E-state index in [0.717, 1.165) is 19.3 Å². The van der Waals surface area contributed by atoms with E-state index < -0.39 is 10.0 Å². The summed E-state index contributed by atoms with van der Waals surface area (Å²) in [5, 5.41) is 3.84. The molecule has 1 amide bonds. The first-order valence-electron chi connectivity index (χ1n) is 11.4. The van der Waals surface area contributed by atoms with Gasteiger partial charge >= 0.3 is 0 Å². The van der Waals surface area contributed by atoms with Gasteiger partial charge in [0.15, 0.2) is 0 Å². The number of aryl methyl sites for hydroxylation is 1. The van der Waals surface area contributed by atoms with E-state index in [4.69, 9.17) is 11.6 Å². The smallest absolute Gasteiger partial charge is 0.264 e. The lowest BCUT2D eigenvalue weighted by Gasteiger charge is -2.57. The van der Waals surface area contributed by atoms with E-state index in [-0.39, 0.29) is 22.9 Å². The zero-order chi connectivity index (χ0) is 22.5. The fourth-order valence-electron chi connectivity index (χ4n) is 6.65. The summed E-state index contributed by atoms with van der Waals surface area (Å²) in [6.07, 6.45) is 6.93. The highest BCUT2D eigenvalue weighted by atomic mass is 35.5. The predicted octanol–water partition coefficient (Wildman–Crippen LogP) is 4.93. The van der Waals surface area contributed by atoms with Crippen molar-refractivity contribution in [2.24, 2.45) is 17.8 Å². The summed E-state index contributed by atoms with van der Waals surface area (Å²) in [6, 6.07) is 13.3. The van der Waals surface area contributed by atoms with E-state index in [1.807, 2.05) is 6.92 Å². The number of amides is 1. The van der Waals surface area contributed by atoms with Crippen molar-refractivity contribution >= 4 is 33.2 Å². The van der Waals surface area contributed by atoms with E-state index in [0.29, 0.717) is 34.0 Å². The molecule has 2 aromatic rings. The minimum atomic E-state index is -3.92. The molecular weight excluding hydrogens is 444 g/mol. The Labute approximate surface area is 195 Å². The number of carbonyl (C=O) groups excluding carboxylic acids is 1. The van der Waals surface area contributed by atoms with Crippen LogP contribution < -0.4 is 9.62 Å². The molecule has 5 nitrogen and oxygen atoms in total. The molecule has 2 aromatic carbocycles. The molecule has 4 aliphatic carbocycles. The Morgan fingerprint density at radius 1 is 1.03 bits per heavy atom. The number of sulfonamides is 1. The third-order valence-corrected chi connectivity index (χ3v) is 9.50. The van der Waals surface area contributed by atoms with Gasteiger partial charge < -0.3 is 5.32 Å². The topological polar surface area (TPSA) is 66.5 Å². The molecule has 170 valence electrons. The molecule has 0 atom stereocenters. The molecule has 0 aromatic heterocycles. The maximum Gasteiger partial charge on any atom is 0.264 e. The first-order valence-corrected chi connectivity index (χ1v) is 13.2. The summed E-state index contributed by atoms with van der Waals surface area (Å²) in [6.45, 7) is 1.56. The molecule has 32 heavy (non-hydrogen) atoms. The standard InChI is InChI=1S/C25H29ClN2O3S/c1-17-9-21(26)7-8-23(17)28(32(30,31)22-5-3-2-4-6-22)16-24(29)27-25-13-18-10-19(14-25)12-20(11-18)15-25/h2-9,18-20H,10-16H2,1H3,(H,27,29). The molecule has 6 rings (SSSR count). The second kappa shape index (κ2) is 8.07. The zero-order valence-corrected chi connectivity index (χ0v) is 19.8. The van der Waals surface area contributed by atoms with E-state index in [2.05, 4.69) is 5.32 Å². The Morgan fingerprint density at radius 3 is 2.19 bits per heavy atom. The Kier molecular flexibility index (Phi) is 5.49. The van der Waals surface area contributed by atoms with Crippen molar-refractivity contribution in [3.05, 3.63) is 59.1 Å². The van der Waals surface area contributed by atoms with Gasteiger partial charge in [0.05, 0.1) is 10.6 Å². The lowest BCUT2D eigenvalue weighted by atomic mass is 9.53. The van der Waals surface area contributed by atoms with E-state index in [1.165, 1.54) is 23.6 Å². The molecule has 7 heteroatoms.